The summed E-state index contributed by atoms with van der Waals surface area (Å²) in [6.45, 7) is 3.70. The predicted octanol–water partition coefficient (Wildman–Crippen LogP) is 1.46. The number of aryl methyl sites for hydroxylation is 1. The second kappa shape index (κ2) is 6.19. The molecule has 0 radical (unpaired) electrons. The number of benzene rings is 1. The Balaban J connectivity index is 1.46. The van der Waals surface area contributed by atoms with E-state index in [1.807, 2.05) is 0 Å². The zero-order chi connectivity index (χ0) is 18.3. The summed E-state index contributed by atoms with van der Waals surface area (Å²) in [4.78, 5) is 26.0. The fourth-order valence-corrected chi connectivity index (χ4v) is 3.81. The maximum absolute atomic E-state index is 13.3. The molecule has 1 N–H and O–H groups in total. The molecule has 2 aliphatic heterocycles. The van der Waals surface area contributed by atoms with Gasteiger partial charge in [0.05, 0.1) is 11.9 Å². The van der Waals surface area contributed by atoms with Gasteiger partial charge in [-0.15, -0.1) is 5.10 Å². The molecular weight excluding hydrogens is 337 g/mol. The molecule has 0 saturated carbocycles. The largest absolute Gasteiger partial charge is 0.356 e. The lowest BCUT2D eigenvalue weighted by Gasteiger charge is -2.37. The molecule has 1 aromatic carbocycles. The van der Waals surface area contributed by atoms with Gasteiger partial charge in [-0.3, -0.25) is 9.59 Å². The van der Waals surface area contributed by atoms with Gasteiger partial charge in [-0.1, -0.05) is 5.21 Å². The number of aromatic nitrogens is 3. The second-order valence-corrected chi connectivity index (χ2v) is 7.22. The number of nitrogens with zero attached hydrogens (tertiary/aromatic N) is 4. The number of likely N-dealkylation sites (tertiary alicyclic amines) is 1. The van der Waals surface area contributed by atoms with Crippen molar-refractivity contribution in [3.8, 4) is 5.69 Å². The molecule has 136 valence electrons. The topological polar surface area (TPSA) is 80.1 Å². The molecule has 26 heavy (non-hydrogen) atoms. The van der Waals surface area contributed by atoms with Crippen LogP contribution in [0.3, 0.4) is 0 Å². The number of halogens is 1. The highest BCUT2D eigenvalue weighted by atomic mass is 19.1. The first-order chi connectivity index (χ1) is 12.5. The summed E-state index contributed by atoms with van der Waals surface area (Å²) in [6.07, 6.45) is 3.74. The van der Waals surface area contributed by atoms with Crippen LogP contribution in [0.15, 0.2) is 24.4 Å². The van der Waals surface area contributed by atoms with Crippen molar-refractivity contribution in [1.29, 1.82) is 0 Å². The third-order valence-corrected chi connectivity index (χ3v) is 5.43. The van der Waals surface area contributed by atoms with Crippen LogP contribution in [-0.2, 0) is 4.79 Å². The Kier molecular flexibility index (Phi) is 3.97. The zero-order valence-electron chi connectivity index (χ0n) is 14.5. The lowest BCUT2D eigenvalue weighted by Crippen LogP contribution is -2.44. The Morgan fingerprint density at radius 2 is 2.08 bits per heavy atom. The van der Waals surface area contributed by atoms with Crippen molar-refractivity contribution in [3.05, 3.63) is 41.5 Å². The third-order valence-electron chi connectivity index (χ3n) is 5.43. The number of hydrogen-bond donors (Lipinski definition) is 1. The number of carbonyl (C=O) groups excluding carboxylic acids is 2. The van der Waals surface area contributed by atoms with Crippen molar-refractivity contribution in [1.82, 2.24) is 25.2 Å². The van der Waals surface area contributed by atoms with E-state index < -0.39 is 0 Å². The first kappa shape index (κ1) is 16.7. The standard InChI is InChI=1S/C18H20FN5O2/c1-12-8-13(19)2-3-15(12)24-10-14(21-22-24)17(26)23-6-4-18(5-7-23)9-16(25)20-11-18/h2-3,8,10H,4-7,9,11H2,1H3,(H,20,25). The predicted molar refractivity (Wildman–Crippen MR) is 91.3 cm³/mol. The molecule has 1 spiro atoms. The summed E-state index contributed by atoms with van der Waals surface area (Å²) in [5, 5.41) is 10.9. The first-order valence-corrected chi connectivity index (χ1v) is 8.71. The van der Waals surface area contributed by atoms with E-state index >= 15 is 0 Å². The SMILES string of the molecule is Cc1cc(F)ccc1-n1cc(C(=O)N2CCC3(CC2)CNC(=O)C3)nn1. The van der Waals surface area contributed by atoms with Crippen LogP contribution in [0.1, 0.15) is 35.3 Å². The monoisotopic (exact) mass is 357 g/mol. The van der Waals surface area contributed by atoms with Gasteiger partial charge >= 0.3 is 0 Å². The van der Waals surface area contributed by atoms with Crippen LogP contribution in [0.5, 0.6) is 0 Å². The van der Waals surface area contributed by atoms with Crippen molar-refractivity contribution in [2.45, 2.75) is 26.2 Å². The molecule has 2 amide bonds. The van der Waals surface area contributed by atoms with E-state index in [-0.39, 0.29) is 28.7 Å². The van der Waals surface area contributed by atoms with Crippen LogP contribution >= 0.6 is 0 Å². The number of amides is 2. The van der Waals surface area contributed by atoms with Crippen LogP contribution in [0.4, 0.5) is 4.39 Å². The van der Waals surface area contributed by atoms with Gasteiger partial charge < -0.3 is 10.2 Å². The Hall–Kier alpha value is -2.77. The molecule has 0 unspecified atom stereocenters. The van der Waals surface area contributed by atoms with E-state index in [0.717, 1.165) is 12.8 Å². The lowest BCUT2D eigenvalue weighted by molar-refractivity contribution is -0.119. The number of hydrogen-bond acceptors (Lipinski definition) is 4. The Bertz CT molecular complexity index is 870. The Labute approximate surface area is 150 Å². The summed E-state index contributed by atoms with van der Waals surface area (Å²) in [5.41, 5.74) is 1.67. The van der Waals surface area contributed by atoms with Crippen molar-refractivity contribution < 1.29 is 14.0 Å². The third kappa shape index (κ3) is 2.95. The number of carbonyl (C=O) groups is 2. The average Bonchev–Trinajstić information content (AvgIpc) is 3.23. The summed E-state index contributed by atoms with van der Waals surface area (Å²) in [6, 6.07) is 4.38. The maximum atomic E-state index is 13.3. The zero-order valence-corrected chi connectivity index (χ0v) is 14.5. The highest BCUT2D eigenvalue weighted by Gasteiger charge is 2.41. The fourth-order valence-electron chi connectivity index (χ4n) is 3.81. The van der Waals surface area contributed by atoms with E-state index in [1.165, 1.54) is 16.8 Å². The summed E-state index contributed by atoms with van der Waals surface area (Å²) >= 11 is 0. The highest BCUT2D eigenvalue weighted by Crippen LogP contribution is 2.37. The summed E-state index contributed by atoms with van der Waals surface area (Å²) in [7, 11) is 0. The van der Waals surface area contributed by atoms with Gasteiger partial charge in [0.15, 0.2) is 5.69 Å². The average molecular weight is 357 g/mol. The number of rotatable bonds is 2. The molecule has 2 fully saturated rings. The van der Waals surface area contributed by atoms with Crippen LogP contribution in [-0.4, -0.2) is 51.3 Å². The Morgan fingerprint density at radius 1 is 1.31 bits per heavy atom. The first-order valence-electron chi connectivity index (χ1n) is 8.71. The molecule has 0 bridgehead atoms. The van der Waals surface area contributed by atoms with Crippen molar-refractivity contribution in [2.75, 3.05) is 19.6 Å². The Morgan fingerprint density at radius 3 is 2.73 bits per heavy atom. The molecule has 2 saturated heterocycles. The van der Waals surface area contributed by atoms with Crippen LogP contribution in [0.25, 0.3) is 5.69 Å². The highest BCUT2D eigenvalue weighted by molar-refractivity contribution is 5.92. The molecule has 2 aliphatic rings. The van der Waals surface area contributed by atoms with Gasteiger partial charge in [-0.05, 0) is 48.9 Å². The molecule has 7 nitrogen and oxygen atoms in total. The van der Waals surface area contributed by atoms with Gasteiger partial charge in [0.2, 0.25) is 5.91 Å². The van der Waals surface area contributed by atoms with E-state index in [0.29, 0.717) is 37.3 Å². The van der Waals surface area contributed by atoms with Crippen LogP contribution in [0.2, 0.25) is 0 Å². The molecule has 4 rings (SSSR count). The smallest absolute Gasteiger partial charge is 0.276 e. The van der Waals surface area contributed by atoms with Gasteiger partial charge in [-0.2, -0.15) is 0 Å². The van der Waals surface area contributed by atoms with Gasteiger partial charge in [-0.25, -0.2) is 9.07 Å². The van der Waals surface area contributed by atoms with E-state index in [2.05, 4.69) is 15.6 Å². The normalized spacial score (nSPS) is 19.0. The molecule has 0 aliphatic carbocycles. The number of piperidine rings is 1. The molecule has 2 aromatic rings. The second-order valence-electron chi connectivity index (χ2n) is 7.22. The minimum absolute atomic E-state index is 0.00328. The van der Waals surface area contributed by atoms with Gasteiger partial charge in [0, 0.05) is 26.1 Å². The maximum Gasteiger partial charge on any atom is 0.276 e. The molecule has 1 aromatic heterocycles. The minimum Gasteiger partial charge on any atom is -0.356 e. The lowest BCUT2D eigenvalue weighted by atomic mass is 9.77. The molecular formula is C18H20FN5O2. The quantitative estimate of drug-likeness (QED) is 0.882. The van der Waals surface area contributed by atoms with E-state index in [4.69, 9.17) is 0 Å². The van der Waals surface area contributed by atoms with E-state index in [1.54, 1.807) is 24.1 Å². The van der Waals surface area contributed by atoms with Gasteiger partial charge in [0.25, 0.3) is 5.91 Å². The molecule has 8 heteroatoms. The van der Waals surface area contributed by atoms with Crippen molar-refractivity contribution in [3.63, 3.8) is 0 Å². The minimum atomic E-state index is -0.315. The summed E-state index contributed by atoms with van der Waals surface area (Å²) < 4.78 is 14.8. The van der Waals surface area contributed by atoms with Crippen molar-refractivity contribution >= 4 is 11.8 Å². The van der Waals surface area contributed by atoms with Crippen LogP contribution in [0, 0.1) is 18.2 Å². The molecule has 0 atom stereocenters. The van der Waals surface area contributed by atoms with Gasteiger partial charge in [0.1, 0.15) is 5.82 Å². The molecule has 3 heterocycles. The fraction of sp³-hybridized carbons (Fsp3) is 0.444. The van der Waals surface area contributed by atoms with Crippen molar-refractivity contribution in [2.24, 2.45) is 5.41 Å². The summed E-state index contributed by atoms with van der Waals surface area (Å²) in [5.74, 6) is -0.379. The van der Waals surface area contributed by atoms with E-state index in [9.17, 15) is 14.0 Å². The van der Waals surface area contributed by atoms with Crippen LogP contribution < -0.4 is 5.32 Å². The number of nitrogens with one attached hydrogen (secondary N) is 1.